The van der Waals surface area contributed by atoms with Gasteiger partial charge >= 0.3 is 0 Å². The van der Waals surface area contributed by atoms with Crippen molar-refractivity contribution in [2.24, 2.45) is 5.73 Å². The van der Waals surface area contributed by atoms with E-state index in [1.165, 1.54) is 17.5 Å². The Balaban J connectivity index is 1.58. The first kappa shape index (κ1) is 11.6. The van der Waals surface area contributed by atoms with Gasteiger partial charge < -0.3 is 10.5 Å². The molecule has 1 aliphatic heterocycles. The lowest BCUT2D eigenvalue weighted by molar-refractivity contribution is 0.0527. The zero-order valence-corrected chi connectivity index (χ0v) is 10.8. The second-order valence-corrected chi connectivity index (χ2v) is 6.13. The number of benzene rings is 1. The Bertz CT molecular complexity index is 390. The second kappa shape index (κ2) is 5.01. The summed E-state index contributed by atoms with van der Waals surface area (Å²) in [5.41, 5.74) is 9.29. The molecule has 3 unspecified atom stereocenters. The van der Waals surface area contributed by atoms with E-state index >= 15 is 0 Å². The van der Waals surface area contributed by atoms with E-state index in [4.69, 9.17) is 10.5 Å². The summed E-state index contributed by atoms with van der Waals surface area (Å²) in [4.78, 5) is 0. The first-order chi connectivity index (χ1) is 8.34. The van der Waals surface area contributed by atoms with E-state index in [1.54, 1.807) is 0 Å². The molecular weight excluding hydrogens is 230 g/mol. The van der Waals surface area contributed by atoms with Crippen LogP contribution in [0.15, 0.2) is 24.3 Å². The van der Waals surface area contributed by atoms with Crippen LogP contribution in [0.3, 0.4) is 0 Å². The molecule has 0 amide bonds. The molecule has 0 saturated carbocycles. The number of thioether (sulfide) groups is 1. The molecule has 0 aromatic heterocycles. The van der Waals surface area contributed by atoms with Crippen LogP contribution in [0, 0.1) is 0 Å². The summed E-state index contributed by atoms with van der Waals surface area (Å²) in [5, 5.41) is 0. The van der Waals surface area contributed by atoms with E-state index in [0.29, 0.717) is 5.92 Å². The van der Waals surface area contributed by atoms with E-state index in [9.17, 15) is 0 Å². The highest BCUT2D eigenvalue weighted by atomic mass is 32.2. The molecule has 2 nitrogen and oxygen atoms in total. The molecule has 1 aliphatic carbocycles. The molecule has 1 saturated heterocycles. The molecule has 3 heteroatoms. The predicted octanol–water partition coefficient (Wildman–Crippen LogP) is 2.18. The first-order valence-electron chi connectivity index (χ1n) is 6.37. The molecule has 92 valence electrons. The van der Waals surface area contributed by atoms with E-state index in [-0.39, 0.29) is 12.1 Å². The van der Waals surface area contributed by atoms with Crippen molar-refractivity contribution >= 4 is 11.8 Å². The van der Waals surface area contributed by atoms with Gasteiger partial charge in [-0.2, -0.15) is 11.8 Å². The van der Waals surface area contributed by atoms with Gasteiger partial charge in [-0.05, 0) is 29.9 Å². The highest BCUT2D eigenvalue weighted by Crippen LogP contribution is 2.38. The summed E-state index contributed by atoms with van der Waals surface area (Å²) in [6, 6.07) is 8.91. The summed E-state index contributed by atoms with van der Waals surface area (Å²) in [6.07, 6.45) is 2.54. The Hall–Kier alpha value is -0.510. The van der Waals surface area contributed by atoms with Crippen molar-refractivity contribution in [1.29, 1.82) is 0 Å². The highest BCUT2D eigenvalue weighted by Gasteiger charge is 2.30. The SMILES string of the molecule is NC(CC1Cc2ccccc21)C1CSCCO1. The summed E-state index contributed by atoms with van der Waals surface area (Å²) >= 11 is 1.96. The van der Waals surface area contributed by atoms with Gasteiger partial charge in [0.15, 0.2) is 0 Å². The molecule has 1 heterocycles. The fourth-order valence-corrected chi connectivity index (χ4v) is 3.76. The Kier molecular flexibility index (Phi) is 3.41. The number of nitrogens with two attached hydrogens (primary N) is 1. The van der Waals surface area contributed by atoms with Crippen LogP contribution < -0.4 is 5.73 Å². The Morgan fingerprint density at radius 1 is 1.41 bits per heavy atom. The Morgan fingerprint density at radius 3 is 3.06 bits per heavy atom. The fraction of sp³-hybridized carbons (Fsp3) is 0.571. The molecule has 3 rings (SSSR count). The van der Waals surface area contributed by atoms with Crippen molar-refractivity contribution < 1.29 is 4.74 Å². The molecule has 1 aromatic carbocycles. The number of rotatable bonds is 3. The fourth-order valence-electron chi connectivity index (χ4n) is 2.81. The molecule has 2 aliphatic rings. The summed E-state index contributed by atoms with van der Waals surface area (Å²) < 4.78 is 5.75. The second-order valence-electron chi connectivity index (χ2n) is 4.98. The standard InChI is InChI=1S/C14H19NOS/c15-13(14-9-17-6-5-16-14)8-11-7-10-3-1-2-4-12(10)11/h1-4,11,13-14H,5-9,15H2. The van der Waals surface area contributed by atoms with E-state index in [2.05, 4.69) is 24.3 Å². The summed E-state index contributed by atoms with van der Waals surface area (Å²) in [5.74, 6) is 2.85. The molecule has 0 radical (unpaired) electrons. The maximum absolute atomic E-state index is 6.28. The topological polar surface area (TPSA) is 35.2 Å². The van der Waals surface area contributed by atoms with Crippen molar-refractivity contribution in [1.82, 2.24) is 0 Å². The van der Waals surface area contributed by atoms with Crippen molar-refractivity contribution in [3.05, 3.63) is 35.4 Å². The maximum Gasteiger partial charge on any atom is 0.0816 e. The minimum absolute atomic E-state index is 0.196. The third-order valence-electron chi connectivity index (χ3n) is 3.84. The van der Waals surface area contributed by atoms with Crippen molar-refractivity contribution in [3.63, 3.8) is 0 Å². The van der Waals surface area contributed by atoms with Crippen LogP contribution in [-0.4, -0.2) is 30.3 Å². The number of ether oxygens (including phenoxy) is 1. The van der Waals surface area contributed by atoms with Crippen LogP contribution in [-0.2, 0) is 11.2 Å². The molecule has 1 aromatic rings. The normalized spacial score (nSPS) is 29.2. The zero-order valence-electron chi connectivity index (χ0n) is 9.97. The van der Waals surface area contributed by atoms with Gasteiger partial charge in [0, 0.05) is 17.5 Å². The molecule has 17 heavy (non-hydrogen) atoms. The zero-order chi connectivity index (χ0) is 11.7. The Labute approximate surface area is 107 Å². The van der Waals surface area contributed by atoms with Crippen LogP contribution in [0.2, 0.25) is 0 Å². The van der Waals surface area contributed by atoms with Gasteiger partial charge in [-0.1, -0.05) is 24.3 Å². The summed E-state index contributed by atoms with van der Waals surface area (Å²) in [7, 11) is 0. The lowest BCUT2D eigenvalue weighted by Crippen LogP contribution is -2.43. The largest absolute Gasteiger partial charge is 0.375 e. The summed E-state index contributed by atoms with van der Waals surface area (Å²) in [6.45, 7) is 0.865. The van der Waals surface area contributed by atoms with Crippen LogP contribution in [0.5, 0.6) is 0 Å². The predicted molar refractivity (Wildman–Crippen MR) is 72.5 cm³/mol. The molecular formula is C14H19NOS. The molecule has 0 spiro atoms. The Morgan fingerprint density at radius 2 is 2.29 bits per heavy atom. The average molecular weight is 249 g/mol. The number of hydrogen-bond acceptors (Lipinski definition) is 3. The molecule has 0 bridgehead atoms. The van der Waals surface area contributed by atoms with Crippen molar-refractivity contribution in [3.8, 4) is 0 Å². The van der Waals surface area contributed by atoms with Gasteiger partial charge in [-0.25, -0.2) is 0 Å². The number of fused-ring (bicyclic) bond motifs is 1. The lowest BCUT2D eigenvalue weighted by Gasteiger charge is -2.35. The molecule has 2 N–H and O–H groups in total. The van der Waals surface area contributed by atoms with Gasteiger partial charge in [0.2, 0.25) is 0 Å². The van der Waals surface area contributed by atoms with Gasteiger partial charge in [0.05, 0.1) is 12.7 Å². The number of hydrogen-bond donors (Lipinski definition) is 1. The molecule has 3 atom stereocenters. The third kappa shape index (κ3) is 2.37. The minimum atomic E-state index is 0.196. The van der Waals surface area contributed by atoms with E-state index in [1.807, 2.05) is 11.8 Å². The van der Waals surface area contributed by atoms with Crippen LogP contribution in [0.1, 0.15) is 23.5 Å². The van der Waals surface area contributed by atoms with Crippen LogP contribution >= 0.6 is 11.8 Å². The van der Waals surface area contributed by atoms with E-state index in [0.717, 1.165) is 24.5 Å². The van der Waals surface area contributed by atoms with Crippen molar-refractivity contribution in [2.75, 3.05) is 18.1 Å². The third-order valence-corrected chi connectivity index (χ3v) is 4.86. The molecule has 1 fully saturated rings. The average Bonchev–Trinajstić information content (AvgIpc) is 2.37. The van der Waals surface area contributed by atoms with Crippen molar-refractivity contribution in [2.45, 2.75) is 30.9 Å². The van der Waals surface area contributed by atoms with Gasteiger partial charge in [-0.15, -0.1) is 0 Å². The lowest BCUT2D eigenvalue weighted by atomic mass is 9.74. The quantitative estimate of drug-likeness (QED) is 0.891. The maximum atomic E-state index is 6.28. The first-order valence-corrected chi connectivity index (χ1v) is 7.53. The van der Waals surface area contributed by atoms with Gasteiger partial charge in [0.25, 0.3) is 0 Å². The van der Waals surface area contributed by atoms with E-state index < -0.39 is 0 Å². The highest BCUT2D eigenvalue weighted by molar-refractivity contribution is 7.99. The van der Waals surface area contributed by atoms with Crippen LogP contribution in [0.25, 0.3) is 0 Å². The van der Waals surface area contributed by atoms with Gasteiger partial charge in [-0.3, -0.25) is 0 Å². The minimum Gasteiger partial charge on any atom is -0.375 e. The van der Waals surface area contributed by atoms with Crippen LogP contribution in [0.4, 0.5) is 0 Å². The monoisotopic (exact) mass is 249 g/mol. The smallest absolute Gasteiger partial charge is 0.0816 e. The van der Waals surface area contributed by atoms with Gasteiger partial charge in [0.1, 0.15) is 0 Å².